The lowest BCUT2D eigenvalue weighted by atomic mass is 9.72. The van der Waals surface area contributed by atoms with Crippen molar-refractivity contribution in [2.24, 2.45) is 11.1 Å². The fraction of sp³-hybridized carbons (Fsp3) is 0.800. The van der Waals surface area contributed by atoms with Gasteiger partial charge in [0.15, 0.2) is 0 Å². The maximum Gasteiger partial charge on any atom is 0.220 e. The predicted octanol–water partition coefficient (Wildman–Crippen LogP) is 2.58. The SMILES string of the molecule is CC(C)c1nnc(CNC(=O)CC2(CN)CCCCC2)s1. The highest BCUT2D eigenvalue weighted by Gasteiger charge is 2.32. The van der Waals surface area contributed by atoms with E-state index in [9.17, 15) is 4.79 Å². The summed E-state index contributed by atoms with van der Waals surface area (Å²) in [6.07, 6.45) is 6.35. The Morgan fingerprint density at radius 3 is 2.62 bits per heavy atom. The zero-order chi connectivity index (χ0) is 15.3. The topological polar surface area (TPSA) is 80.9 Å². The van der Waals surface area contributed by atoms with Gasteiger partial charge in [-0.2, -0.15) is 0 Å². The largest absolute Gasteiger partial charge is 0.349 e. The summed E-state index contributed by atoms with van der Waals surface area (Å²) in [4.78, 5) is 12.2. The van der Waals surface area contributed by atoms with Gasteiger partial charge in [0.25, 0.3) is 0 Å². The van der Waals surface area contributed by atoms with Gasteiger partial charge in [-0.05, 0) is 24.8 Å². The smallest absolute Gasteiger partial charge is 0.220 e. The van der Waals surface area contributed by atoms with Crippen molar-refractivity contribution in [2.45, 2.75) is 64.8 Å². The van der Waals surface area contributed by atoms with Gasteiger partial charge in [-0.25, -0.2) is 0 Å². The average molecular weight is 310 g/mol. The van der Waals surface area contributed by atoms with Crippen LogP contribution in [0.15, 0.2) is 0 Å². The van der Waals surface area contributed by atoms with E-state index < -0.39 is 0 Å². The zero-order valence-electron chi connectivity index (χ0n) is 13.0. The molecule has 0 bridgehead atoms. The molecular formula is C15H26N4OS. The molecule has 1 amide bonds. The molecule has 1 fully saturated rings. The molecule has 0 aromatic carbocycles. The Bertz CT molecular complexity index is 466. The van der Waals surface area contributed by atoms with E-state index in [0.717, 1.165) is 22.9 Å². The highest BCUT2D eigenvalue weighted by Crippen LogP contribution is 2.38. The number of nitrogens with two attached hydrogens (primary N) is 1. The molecule has 21 heavy (non-hydrogen) atoms. The monoisotopic (exact) mass is 310 g/mol. The number of hydrogen-bond acceptors (Lipinski definition) is 5. The van der Waals surface area contributed by atoms with Crippen LogP contribution in [-0.4, -0.2) is 22.6 Å². The Morgan fingerprint density at radius 2 is 2.05 bits per heavy atom. The summed E-state index contributed by atoms with van der Waals surface area (Å²) in [7, 11) is 0. The first kappa shape index (κ1) is 16.4. The van der Waals surface area contributed by atoms with Crippen LogP contribution in [0.25, 0.3) is 0 Å². The number of aromatic nitrogens is 2. The summed E-state index contributed by atoms with van der Waals surface area (Å²) in [6.45, 7) is 5.27. The van der Waals surface area contributed by atoms with E-state index in [-0.39, 0.29) is 11.3 Å². The van der Waals surface area contributed by atoms with E-state index in [2.05, 4.69) is 29.4 Å². The van der Waals surface area contributed by atoms with Gasteiger partial charge < -0.3 is 11.1 Å². The van der Waals surface area contributed by atoms with Gasteiger partial charge in [0, 0.05) is 12.3 Å². The Labute approximate surface area is 130 Å². The Balaban J connectivity index is 1.83. The Kier molecular flexibility index (Phi) is 5.70. The molecule has 0 unspecified atom stereocenters. The molecule has 5 nitrogen and oxygen atoms in total. The first-order valence-corrected chi connectivity index (χ1v) is 8.65. The van der Waals surface area contributed by atoms with Gasteiger partial charge in [-0.1, -0.05) is 44.4 Å². The molecule has 2 rings (SSSR count). The molecule has 6 heteroatoms. The van der Waals surface area contributed by atoms with Crippen LogP contribution >= 0.6 is 11.3 Å². The summed E-state index contributed by atoms with van der Waals surface area (Å²) in [5.41, 5.74) is 5.95. The molecular weight excluding hydrogens is 284 g/mol. The van der Waals surface area contributed by atoms with Crippen LogP contribution in [0, 0.1) is 5.41 Å². The molecule has 1 saturated carbocycles. The third kappa shape index (κ3) is 4.48. The van der Waals surface area contributed by atoms with Crippen LogP contribution < -0.4 is 11.1 Å². The quantitative estimate of drug-likeness (QED) is 0.846. The summed E-state index contributed by atoms with van der Waals surface area (Å²) < 4.78 is 0. The highest BCUT2D eigenvalue weighted by molar-refractivity contribution is 7.11. The van der Waals surface area contributed by atoms with Gasteiger partial charge in [-0.3, -0.25) is 4.79 Å². The van der Waals surface area contributed by atoms with E-state index in [1.807, 2.05) is 0 Å². The highest BCUT2D eigenvalue weighted by atomic mass is 32.1. The fourth-order valence-corrected chi connectivity index (χ4v) is 3.69. The molecule has 1 aliphatic carbocycles. The lowest BCUT2D eigenvalue weighted by molar-refractivity contribution is -0.124. The van der Waals surface area contributed by atoms with Crippen LogP contribution in [-0.2, 0) is 11.3 Å². The molecule has 1 heterocycles. The van der Waals surface area contributed by atoms with E-state index in [4.69, 9.17) is 5.73 Å². The molecule has 1 aromatic rings. The van der Waals surface area contributed by atoms with Crippen molar-refractivity contribution in [3.8, 4) is 0 Å². The Hall–Kier alpha value is -1.01. The van der Waals surface area contributed by atoms with Gasteiger partial charge in [0.2, 0.25) is 5.91 Å². The molecule has 118 valence electrons. The van der Waals surface area contributed by atoms with Crippen LogP contribution in [0.3, 0.4) is 0 Å². The first-order chi connectivity index (χ1) is 10.0. The third-order valence-electron chi connectivity index (χ3n) is 4.30. The van der Waals surface area contributed by atoms with Crippen molar-refractivity contribution in [3.05, 3.63) is 10.0 Å². The minimum atomic E-state index is 0.0204. The summed E-state index contributed by atoms with van der Waals surface area (Å²) in [6, 6.07) is 0. The number of carbonyl (C=O) groups excluding carboxylic acids is 1. The van der Waals surface area contributed by atoms with E-state index in [0.29, 0.717) is 25.4 Å². The second-order valence-electron chi connectivity index (χ2n) is 6.41. The van der Waals surface area contributed by atoms with Crippen LogP contribution in [0.5, 0.6) is 0 Å². The minimum absolute atomic E-state index is 0.0204. The fourth-order valence-electron chi connectivity index (χ4n) is 2.90. The average Bonchev–Trinajstić information content (AvgIpc) is 2.95. The van der Waals surface area contributed by atoms with Crippen molar-refractivity contribution in [1.82, 2.24) is 15.5 Å². The number of hydrogen-bond donors (Lipinski definition) is 2. The second kappa shape index (κ2) is 7.31. The number of nitrogens with one attached hydrogen (secondary N) is 1. The molecule has 1 aliphatic rings. The van der Waals surface area contributed by atoms with Crippen molar-refractivity contribution in [2.75, 3.05) is 6.54 Å². The molecule has 0 saturated heterocycles. The van der Waals surface area contributed by atoms with Gasteiger partial charge in [-0.15, -0.1) is 10.2 Å². The molecule has 3 N–H and O–H groups in total. The zero-order valence-corrected chi connectivity index (χ0v) is 13.8. The van der Waals surface area contributed by atoms with Crippen molar-refractivity contribution in [1.29, 1.82) is 0 Å². The van der Waals surface area contributed by atoms with Gasteiger partial charge >= 0.3 is 0 Å². The number of rotatable bonds is 6. The minimum Gasteiger partial charge on any atom is -0.349 e. The lowest BCUT2D eigenvalue weighted by Gasteiger charge is -2.35. The number of nitrogens with zero attached hydrogens (tertiary/aromatic N) is 2. The molecule has 0 atom stereocenters. The third-order valence-corrected chi connectivity index (χ3v) is 5.52. The first-order valence-electron chi connectivity index (χ1n) is 7.84. The lowest BCUT2D eigenvalue weighted by Crippen LogP contribution is -2.38. The number of carbonyl (C=O) groups is 1. The molecule has 1 aromatic heterocycles. The van der Waals surface area contributed by atoms with Crippen LogP contribution in [0.1, 0.15) is 68.3 Å². The summed E-state index contributed by atoms with van der Waals surface area (Å²) in [5, 5.41) is 13.1. The van der Waals surface area contributed by atoms with Crippen molar-refractivity contribution >= 4 is 17.2 Å². The van der Waals surface area contributed by atoms with E-state index in [1.54, 1.807) is 11.3 Å². The molecule has 0 spiro atoms. The van der Waals surface area contributed by atoms with Crippen molar-refractivity contribution in [3.63, 3.8) is 0 Å². The van der Waals surface area contributed by atoms with Gasteiger partial charge in [0.1, 0.15) is 10.0 Å². The van der Waals surface area contributed by atoms with Crippen LogP contribution in [0.2, 0.25) is 0 Å². The Morgan fingerprint density at radius 1 is 1.33 bits per heavy atom. The molecule has 0 aliphatic heterocycles. The summed E-state index contributed by atoms with van der Waals surface area (Å²) in [5.74, 6) is 0.471. The van der Waals surface area contributed by atoms with Crippen molar-refractivity contribution < 1.29 is 4.79 Å². The number of amides is 1. The molecule has 0 radical (unpaired) electrons. The normalized spacial score (nSPS) is 17.9. The predicted molar refractivity (Wildman–Crippen MR) is 85.0 cm³/mol. The summed E-state index contributed by atoms with van der Waals surface area (Å²) >= 11 is 1.57. The van der Waals surface area contributed by atoms with E-state index in [1.165, 1.54) is 19.3 Å². The van der Waals surface area contributed by atoms with Gasteiger partial charge in [0.05, 0.1) is 6.54 Å². The maximum absolute atomic E-state index is 12.2. The second-order valence-corrected chi connectivity index (χ2v) is 7.50. The standard InChI is InChI=1S/C15H26N4OS/c1-11(2)14-19-18-13(21-14)9-17-12(20)8-15(10-16)6-4-3-5-7-15/h11H,3-10,16H2,1-2H3,(H,17,20). The van der Waals surface area contributed by atoms with E-state index >= 15 is 0 Å². The maximum atomic E-state index is 12.2. The van der Waals surface area contributed by atoms with Crippen LogP contribution in [0.4, 0.5) is 0 Å².